The number of amides is 2. The number of cyclic esters (lactones) is 1. The average Bonchev–Trinajstić information content (AvgIpc) is 3.05. The van der Waals surface area contributed by atoms with Crippen LogP contribution in [-0.4, -0.2) is 52.2 Å². The fraction of sp³-hybridized carbons (Fsp3) is 0.417. The van der Waals surface area contributed by atoms with Crippen LogP contribution in [0.5, 0.6) is 0 Å². The van der Waals surface area contributed by atoms with Gasteiger partial charge in [-0.05, 0) is 80.2 Å². The van der Waals surface area contributed by atoms with Crippen LogP contribution in [0.3, 0.4) is 0 Å². The Balaban J connectivity index is 1.37. The van der Waals surface area contributed by atoms with E-state index in [-0.39, 0.29) is 36.4 Å². The highest BCUT2D eigenvalue weighted by Gasteiger charge is 2.32. The lowest BCUT2D eigenvalue weighted by molar-refractivity contribution is -0.157. The smallest absolute Gasteiger partial charge is 0.325 e. The summed E-state index contributed by atoms with van der Waals surface area (Å²) in [5.74, 6) is -1.11. The molecule has 9 nitrogen and oxygen atoms in total. The first-order valence-electron chi connectivity index (χ1n) is 16.0. The predicted molar refractivity (Wildman–Crippen MR) is 172 cm³/mol. The summed E-state index contributed by atoms with van der Waals surface area (Å²) in [5, 5.41) is 6.36. The van der Waals surface area contributed by atoms with Gasteiger partial charge in [0.25, 0.3) is 0 Å². The lowest BCUT2D eigenvalue weighted by Gasteiger charge is -2.34. The third-order valence-electron chi connectivity index (χ3n) is 8.63. The van der Waals surface area contributed by atoms with Crippen LogP contribution in [0.15, 0.2) is 66.9 Å². The first kappa shape index (κ1) is 32.0. The quantitative estimate of drug-likeness (QED) is 0.389. The maximum absolute atomic E-state index is 13.4. The molecule has 4 atom stereocenters. The number of benzene rings is 2. The second-order valence-electron chi connectivity index (χ2n) is 12.1. The number of hydrazine groups is 1. The number of carbonyl (C=O) groups is 4. The molecule has 2 N–H and O–H groups in total. The van der Waals surface area contributed by atoms with Crippen molar-refractivity contribution in [3.8, 4) is 0 Å². The van der Waals surface area contributed by atoms with Crippen LogP contribution >= 0.6 is 0 Å². The van der Waals surface area contributed by atoms with Gasteiger partial charge in [0.15, 0.2) is 5.78 Å². The Morgan fingerprint density at radius 3 is 2.60 bits per heavy atom. The zero-order valence-electron chi connectivity index (χ0n) is 26.0. The van der Waals surface area contributed by atoms with Crippen molar-refractivity contribution in [2.24, 2.45) is 5.92 Å². The minimum Gasteiger partial charge on any atom is -0.457 e. The summed E-state index contributed by atoms with van der Waals surface area (Å²) < 4.78 is 5.84. The zero-order valence-corrected chi connectivity index (χ0v) is 26.0. The summed E-state index contributed by atoms with van der Waals surface area (Å²) in [5.41, 5.74) is 5.73. The van der Waals surface area contributed by atoms with E-state index < -0.39 is 24.2 Å². The fourth-order valence-corrected chi connectivity index (χ4v) is 5.92. The van der Waals surface area contributed by atoms with Gasteiger partial charge in [-0.2, -0.15) is 0 Å². The molecule has 0 spiro atoms. The summed E-state index contributed by atoms with van der Waals surface area (Å²) in [6.45, 7) is 4.19. The van der Waals surface area contributed by atoms with Crippen LogP contribution in [0, 0.1) is 5.92 Å². The molecule has 0 saturated carbocycles. The molecule has 2 aliphatic heterocycles. The number of hydrogen-bond donors (Lipinski definition) is 2. The monoisotopic (exact) mass is 610 g/mol. The van der Waals surface area contributed by atoms with E-state index in [0.29, 0.717) is 50.8 Å². The van der Waals surface area contributed by atoms with Crippen LogP contribution in [-0.2, 0) is 30.3 Å². The normalized spacial score (nSPS) is 24.8. The Morgan fingerprint density at radius 1 is 0.956 bits per heavy atom. The number of Topliss-reactive ketones (excluding diaryl/α,β-unsaturated/α-hetero) is 1. The van der Waals surface area contributed by atoms with Gasteiger partial charge in [-0.1, -0.05) is 55.5 Å². The van der Waals surface area contributed by atoms with Gasteiger partial charge < -0.3 is 10.1 Å². The lowest BCUT2D eigenvalue weighted by atomic mass is 9.96. The van der Waals surface area contributed by atoms with E-state index in [1.165, 1.54) is 5.01 Å². The molecule has 2 aliphatic rings. The number of esters is 1. The van der Waals surface area contributed by atoms with E-state index in [9.17, 15) is 19.2 Å². The highest BCUT2D eigenvalue weighted by molar-refractivity contribution is 5.90. The number of fused-ring (bicyclic) bond motifs is 4. The molecule has 9 heteroatoms. The number of aromatic nitrogens is 1. The molecule has 0 unspecified atom stereocenters. The lowest BCUT2D eigenvalue weighted by Crippen LogP contribution is -2.56. The number of carbonyl (C=O) groups excluding carboxylic acids is 4. The van der Waals surface area contributed by atoms with Crippen LogP contribution in [0.1, 0.15) is 81.7 Å². The summed E-state index contributed by atoms with van der Waals surface area (Å²) in [7, 11) is 0. The van der Waals surface area contributed by atoms with E-state index in [1.54, 1.807) is 18.3 Å². The van der Waals surface area contributed by atoms with Crippen molar-refractivity contribution in [2.75, 3.05) is 6.54 Å². The van der Waals surface area contributed by atoms with E-state index in [1.807, 2.05) is 68.4 Å². The van der Waals surface area contributed by atoms with E-state index in [2.05, 4.69) is 15.7 Å². The van der Waals surface area contributed by atoms with Crippen molar-refractivity contribution < 1.29 is 23.9 Å². The number of nitrogens with zero attached hydrogens (tertiary/aromatic N) is 2. The van der Waals surface area contributed by atoms with E-state index in [0.717, 1.165) is 21.9 Å². The molecule has 0 radical (unpaired) electrons. The Bertz CT molecular complexity index is 1560. The van der Waals surface area contributed by atoms with E-state index in [4.69, 9.17) is 4.74 Å². The maximum Gasteiger partial charge on any atom is 0.325 e. The van der Waals surface area contributed by atoms with Crippen LogP contribution < -0.4 is 10.7 Å². The Morgan fingerprint density at radius 2 is 1.78 bits per heavy atom. The minimum absolute atomic E-state index is 0.0404. The molecule has 1 saturated heterocycles. The largest absolute Gasteiger partial charge is 0.457 e. The van der Waals surface area contributed by atoms with Crippen molar-refractivity contribution >= 4 is 40.4 Å². The molecule has 2 amide bonds. The Kier molecular flexibility index (Phi) is 10.7. The Labute approximate surface area is 264 Å². The van der Waals surface area contributed by atoms with Crippen molar-refractivity contribution in [2.45, 2.75) is 83.4 Å². The predicted octanol–water partition coefficient (Wildman–Crippen LogP) is 5.24. The molecule has 2 aromatic carbocycles. The summed E-state index contributed by atoms with van der Waals surface area (Å²) >= 11 is 0. The number of ketones is 1. The summed E-state index contributed by atoms with van der Waals surface area (Å²) in [4.78, 5) is 57.2. The first-order chi connectivity index (χ1) is 21.8. The van der Waals surface area contributed by atoms with Gasteiger partial charge in [-0.15, -0.1) is 0 Å². The SMILES string of the molecule is C[C@@H]1CCCC(=O)[C@H](CCc2ccccc2)NC(=O)C/C=C/c2cc3cc(ccc3cn2)[C@@H](C)OC(=O)[C@@H]2CCCN(N2)C1=O. The Hall–Kier alpha value is -4.37. The number of rotatable bonds is 3. The van der Waals surface area contributed by atoms with Gasteiger partial charge in [0.1, 0.15) is 12.1 Å². The van der Waals surface area contributed by atoms with Crippen molar-refractivity contribution in [1.29, 1.82) is 0 Å². The second kappa shape index (κ2) is 15.1. The standard InChI is InChI=1S/C36H42N4O5/c1-24-9-6-14-33(41)31(19-16-26-10-4-3-5-11-26)38-34(42)15-7-12-30-22-29-21-27(17-18-28(29)23-37-30)25(2)45-36(44)32-13-8-20-40(39-32)35(24)43/h3-5,7,10-12,17-18,21-25,31-32,39H,6,8-9,13-16,19-20H2,1-2H3,(H,38,42)/b12-7+/t24-,25-,31+,32+/m1/s1. The van der Waals surface area contributed by atoms with Gasteiger partial charge in [0.05, 0.1) is 11.7 Å². The molecule has 1 aromatic heterocycles. The highest BCUT2D eigenvalue weighted by Crippen LogP contribution is 2.25. The summed E-state index contributed by atoms with van der Waals surface area (Å²) in [6.07, 6.45) is 8.65. The molecule has 5 rings (SSSR count). The topological polar surface area (TPSA) is 118 Å². The molecule has 45 heavy (non-hydrogen) atoms. The molecular weight excluding hydrogens is 568 g/mol. The van der Waals surface area contributed by atoms with Crippen molar-refractivity contribution in [3.63, 3.8) is 0 Å². The number of pyridine rings is 1. The molecule has 5 bridgehead atoms. The minimum atomic E-state index is -0.617. The van der Waals surface area contributed by atoms with Gasteiger partial charge in [-0.3, -0.25) is 29.2 Å². The maximum atomic E-state index is 13.4. The summed E-state index contributed by atoms with van der Waals surface area (Å²) in [6, 6.07) is 16.4. The van der Waals surface area contributed by atoms with Gasteiger partial charge in [-0.25, -0.2) is 5.43 Å². The molecule has 236 valence electrons. The van der Waals surface area contributed by atoms with Gasteiger partial charge >= 0.3 is 5.97 Å². The average molecular weight is 611 g/mol. The van der Waals surface area contributed by atoms with Crippen molar-refractivity contribution in [3.05, 3.63) is 83.7 Å². The first-order valence-corrected chi connectivity index (χ1v) is 16.0. The number of aryl methyl sites for hydroxylation is 1. The van der Waals surface area contributed by atoms with Crippen LogP contribution in [0.25, 0.3) is 16.8 Å². The third kappa shape index (κ3) is 8.63. The molecule has 1 fully saturated rings. The number of nitrogens with one attached hydrogen (secondary N) is 2. The molecule has 3 aromatic rings. The second-order valence-corrected chi connectivity index (χ2v) is 12.1. The number of ether oxygens (including phenoxy) is 1. The zero-order chi connectivity index (χ0) is 31.8. The van der Waals surface area contributed by atoms with Gasteiger partial charge in [0.2, 0.25) is 11.8 Å². The van der Waals surface area contributed by atoms with E-state index >= 15 is 0 Å². The van der Waals surface area contributed by atoms with Crippen LogP contribution in [0.2, 0.25) is 0 Å². The number of hydrogen-bond acceptors (Lipinski definition) is 7. The molecule has 3 heterocycles. The molecular formula is C36H42N4O5. The molecule has 0 aliphatic carbocycles. The third-order valence-corrected chi connectivity index (χ3v) is 8.63. The van der Waals surface area contributed by atoms with Crippen molar-refractivity contribution in [1.82, 2.24) is 20.7 Å². The highest BCUT2D eigenvalue weighted by atomic mass is 16.5. The fourth-order valence-electron chi connectivity index (χ4n) is 5.92. The van der Waals surface area contributed by atoms with Gasteiger partial charge in [0, 0.05) is 36.9 Å². The van der Waals surface area contributed by atoms with Crippen LogP contribution in [0.4, 0.5) is 0 Å².